The van der Waals surface area contributed by atoms with Crippen LogP contribution in [0.1, 0.15) is 12.5 Å². The highest BCUT2D eigenvalue weighted by Gasteiger charge is 2.26. The van der Waals surface area contributed by atoms with Crippen molar-refractivity contribution in [3.05, 3.63) is 29.8 Å². The Bertz CT molecular complexity index is 437. The first kappa shape index (κ1) is 14.8. The molecule has 1 fully saturated rings. The molecule has 2 rings (SSSR count). The van der Waals surface area contributed by atoms with Crippen molar-refractivity contribution in [1.29, 1.82) is 0 Å². The predicted molar refractivity (Wildman–Crippen MR) is 76.4 cm³/mol. The average Bonchev–Trinajstić information content (AvgIpc) is 2.76. The van der Waals surface area contributed by atoms with Gasteiger partial charge in [-0.05, 0) is 23.6 Å². The number of methoxy groups -OCH3 is 1. The predicted octanol–water partition coefficient (Wildman–Crippen LogP) is 1.02. The number of carbonyl (C=O) groups is 1. The monoisotopic (exact) mass is 278 g/mol. The summed E-state index contributed by atoms with van der Waals surface area (Å²) in [6.07, 6.45) is 0. The van der Waals surface area contributed by atoms with Crippen molar-refractivity contribution in [1.82, 2.24) is 4.90 Å². The van der Waals surface area contributed by atoms with Crippen LogP contribution in [-0.2, 0) is 16.1 Å². The lowest BCUT2D eigenvalue weighted by molar-refractivity contribution is -0.142. The van der Waals surface area contributed by atoms with E-state index in [0.29, 0.717) is 11.7 Å². The van der Waals surface area contributed by atoms with E-state index in [1.807, 2.05) is 24.3 Å². The van der Waals surface area contributed by atoms with Crippen LogP contribution in [-0.4, -0.2) is 43.7 Å². The fourth-order valence-electron chi connectivity index (χ4n) is 2.37. The molecular formula is C15H22N2O3. The molecular weight excluding hydrogens is 256 g/mol. The minimum atomic E-state index is -0.380. The summed E-state index contributed by atoms with van der Waals surface area (Å²) in [6.45, 7) is 5.02. The fourth-order valence-corrected chi connectivity index (χ4v) is 2.37. The smallest absolute Gasteiger partial charge is 0.343 e. The maximum atomic E-state index is 11.0. The standard InChI is InChI=1S/C15H22N2O3/c1-11-7-17(9-14(11)16)8-12-3-5-13(6-4-12)20-10-15(18)19-2/h3-6,11,14H,7-10,16H2,1-2H3. The maximum Gasteiger partial charge on any atom is 0.343 e. The normalized spacial score (nSPS) is 22.8. The highest BCUT2D eigenvalue weighted by atomic mass is 16.6. The highest BCUT2D eigenvalue weighted by Crippen LogP contribution is 2.19. The van der Waals surface area contributed by atoms with Gasteiger partial charge >= 0.3 is 5.97 Å². The van der Waals surface area contributed by atoms with Gasteiger partial charge in [-0.3, -0.25) is 4.90 Å². The molecule has 1 aromatic carbocycles. The number of benzene rings is 1. The topological polar surface area (TPSA) is 64.8 Å². The van der Waals surface area contributed by atoms with E-state index in [2.05, 4.69) is 16.6 Å². The number of ether oxygens (including phenoxy) is 2. The van der Waals surface area contributed by atoms with E-state index in [9.17, 15) is 4.79 Å². The van der Waals surface area contributed by atoms with E-state index in [1.54, 1.807) is 0 Å². The summed E-state index contributed by atoms with van der Waals surface area (Å²) >= 11 is 0. The summed E-state index contributed by atoms with van der Waals surface area (Å²) in [5.74, 6) is 0.845. The summed E-state index contributed by atoms with van der Waals surface area (Å²) in [6, 6.07) is 8.05. The van der Waals surface area contributed by atoms with Gasteiger partial charge in [0.25, 0.3) is 0 Å². The fraction of sp³-hybridized carbons (Fsp3) is 0.533. The number of nitrogens with zero attached hydrogens (tertiary/aromatic N) is 1. The Morgan fingerprint density at radius 2 is 2.05 bits per heavy atom. The van der Waals surface area contributed by atoms with Crippen molar-refractivity contribution in [2.45, 2.75) is 19.5 Å². The molecule has 20 heavy (non-hydrogen) atoms. The van der Waals surface area contributed by atoms with Crippen molar-refractivity contribution in [3.63, 3.8) is 0 Å². The van der Waals surface area contributed by atoms with Crippen molar-refractivity contribution in [3.8, 4) is 5.75 Å². The number of nitrogens with two attached hydrogens (primary N) is 1. The van der Waals surface area contributed by atoms with Crippen LogP contribution in [0.5, 0.6) is 5.75 Å². The van der Waals surface area contributed by atoms with Gasteiger partial charge in [0.2, 0.25) is 0 Å². The van der Waals surface area contributed by atoms with Crippen LogP contribution in [0.25, 0.3) is 0 Å². The van der Waals surface area contributed by atoms with Crippen LogP contribution < -0.4 is 10.5 Å². The van der Waals surface area contributed by atoms with Crippen molar-refractivity contribution in [2.24, 2.45) is 11.7 Å². The maximum absolute atomic E-state index is 11.0. The summed E-state index contributed by atoms with van der Waals surface area (Å²) in [5, 5.41) is 0. The van der Waals surface area contributed by atoms with Gasteiger partial charge in [0, 0.05) is 25.7 Å². The van der Waals surface area contributed by atoms with Crippen LogP contribution in [0.4, 0.5) is 0 Å². The molecule has 1 aromatic rings. The Labute approximate surface area is 119 Å². The van der Waals surface area contributed by atoms with Gasteiger partial charge < -0.3 is 15.2 Å². The Hall–Kier alpha value is -1.59. The third-order valence-electron chi connectivity index (χ3n) is 3.66. The molecule has 5 heteroatoms. The third kappa shape index (κ3) is 3.95. The minimum Gasteiger partial charge on any atom is -0.482 e. The van der Waals surface area contributed by atoms with Crippen LogP contribution >= 0.6 is 0 Å². The number of hydrogen-bond acceptors (Lipinski definition) is 5. The molecule has 0 radical (unpaired) electrons. The van der Waals surface area contributed by atoms with Gasteiger partial charge in [-0.25, -0.2) is 4.79 Å². The van der Waals surface area contributed by atoms with Crippen molar-refractivity contribution >= 4 is 5.97 Å². The SMILES string of the molecule is COC(=O)COc1ccc(CN2CC(C)C(N)C2)cc1. The van der Waals surface area contributed by atoms with Gasteiger partial charge in [-0.2, -0.15) is 0 Å². The van der Waals surface area contributed by atoms with Crippen LogP contribution in [0.3, 0.4) is 0 Å². The Kier molecular flexibility index (Phi) is 4.98. The quantitative estimate of drug-likeness (QED) is 0.815. The van der Waals surface area contributed by atoms with Crippen LogP contribution in [0.15, 0.2) is 24.3 Å². The van der Waals surface area contributed by atoms with Gasteiger partial charge in [0.1, 0.15) is 5.75 Å². The first-order chi connectivity index (χ1) is 9.58. The number of rotatable bonds is 5. The number of esters is 1. The molecule has 1 aliphatic heterocycles. The van der Waals surface area contributed by atoms with E-state index in [0.717, 1.165) is 19.6 Å². The summed E-state index contributed by atoms with van der Waals surface area (Å²) < 4.78 is 9.83. The molecule has 2 unspecified atom stereocenters. The second-order valence-corrected chi connectivity index (χ2v) is 5.34. The molecule has 1 heterocycles. The van der Waals surface area contributed by atoms with Crippen molar-refractivity contribution < 1.29 is 14.3 Å². The number of likely N-dealkylation sites (tertiary alicyclic amines) is 1. The lowest BCUT2D eigenvalue weighted by Gasteiger charge is -2.15. The molecule has 1 saturated heterocycles. The first-order valence-electron chi connectivity index (χ1n) is 6.85. The second kappa shape index (κ2) is 6.72. The van der Waals surface area contributed by atoms with E-state index in [1.165, 1.54) is 12.7 Å². The molecule has 5 nitrogen and oxygen atoms in total. The van der Waals surface area contributed by atoms with Gasteiger partial charge in [-0.15, -0.1) is 0 Å². The van der Waals surface area contributed by atoms with Crippen molar-refractivity contribution in [2.75, 3.05) is 26.8 Å². The lowest BCUT2D eigenvalue weighted by Crippen LogP contribution is -2.28. The largest absolute Gasteiger partial charge is 0.482 e. The lowest BCUT2D eigenvalue weighted by atomic mass is 10.1. The second-order valence-electron chi connectivity index (χ2n) is 5.34. The highest BCUT2D eigenvalue weighted by molar-refractivity contribution is 5.70. The zero-order valence-electron chi connectivity index (χ0n) is 12.0. The van der Waals surface area contributed by atoms with Gasteiger partial charge in [0.05, 0.1) is 7.11 Å². The van der Waals surface area contributed by atoms with Crippen LogP contribution in [0.2, 0.25) is 0 Å². The molecule has 110 valence electrons. The molecule has 0 aromatic heterocycles. The van der Waals surface area contributed by atoms with Crippen LogP contribution in [0, 0.1) is 5.92 Å². The van der Waals surface area contributed by atoms with E-state index in [-0.39, 0.29) is 18.6 Å². The molecule has 0 spiro atoms. The molecule has 0 saturated carbocycles. The molecule has 2 atom stereocenters. The Morgan fingerprint density at radius 3 is 2.60 bits per heavy atom. The Morgan fingerprint density at radius 1 is 1.35 bits per heavy atom. The van der Waals surface area contributed by atoms with E-state index in [4.69, 9.17) is 10.5 Å². The molecule has 1 aliphatic rings. The molecule has 0 aliphatic carbocycles. The average molecular weight is 278 g/mol. The van der Waals surface area contributed by atoms with Gasteiger partial charge in [0.15, 0.2) is 6.61 Å². The zero-order valence-corrected chi connectivity index (χ0v) is 12.0. The third-order valence-corrected chi connectivity index (χ3v) is 3.66. The summed E-state index contributed by atoms with van der Waals surface area (Å²) in [4.78, 5) is 13.3. The Balaban J connectivity index is 1.84. The summed E-state index contributed by atoms with van der Waals surface area (Å²) in [5.41, 5.74) is 7.24. The molecule has 0 bridgehead atoms. The molecule has 2 N–H and O–H groups in total. The number of carbonyl (C=O) groups excluding carboxylic acids is 1. The van der Waals surface area contributed by atoms with E-state index < -0.39 is 0 Å². The summed E-state index contributed by atoms with van der Waals surface area (Å²) in [7, 11) is 1.34. The number of hydrogen-bond donors (Lipinski definition) is 1. The van der Waals surface area contributed by atoms with Gasteiger partial charge in [-0.1, -0.05) is 19.1 Å². The van der Waals surface area contributed by atoms with E-state index >= 15 is 0 Å². The molecule has 0 amide bonds. The zero-order chi connectivity index (χ0) is 14.5. The first-order valence-corrected chi connectivity index (χ1v) is 6.85. The minimum absolute atomic E-state index is 0.0612.